The third-order valence-electron chi connectivity index (χ3n) is 3.89. The molecule has 0 spiro atoms. The highest BCUT2D eigenvalue weighted by Gasteiger charge is 2.41. The minimum absolute atomic E-state index is 0.0662. The van der Waals surface area contributed by atoms with Crippen molar-refractivity contribution in [2.24, 2.45) is 0 Å². The van der Waals surface area contributed by atoms with E-state index in [0.29, 0.717) is 10.8 Å². The number of benzene rings is 2. The second-order valence-electron chi connectivity index (χ2n) is 5.21. The topological polar surface area (TPSA) is 52.4 Å². The summed E-state index contributed by atoms with van der Waals surface area (Å²) in [6.07, 6.45) is 2.98. The summed E-state index contributed by atoms with van der Waals surface area (Å²) in [5.74, 6) is 0.648. The summed E-state index contributed by atoms with van der Waals surface area (Å²) >= 11 is 5.93. The Bertz CT molecular complexity index is 648. The highest BCUT2D eigenvalue weighted by atomic mass is 35.5. The van der Waals surface area contributed by atoms with Gasteiger partial charge in [-0.1, -0.05) is 23.7 Å². The van der Waals surface area contributed by atoms with Crippen molar-refractivity contribution in [3.63, 3.8) is 0 Å². The van der Waals surface area contributed by atoms with Gasteiger partial charge in [0.1, 0.15) is 11.4 Å². The molecule has 0 amide bonds. The van der Waals surface area contributed by atoms with Gasteiger partial charge in [-0.25, -0.2) is 0 Å². The molecule has 1 aliphatic rings. The van der Waals surface area contributed by atoms with E-state index in [2.05, 4.69) is 0 Å². The van der Waals surface area contributed by atoms with Crippen LogP contribution >= 0.6 is 11.6 Å². The average Bonchev–Trinajstić information content (AvgIpc) is 2.44. The monoisotopic (exact) mass is 303 g/mol. The summed E-state index contributed by atoms with van der Waals surface area (Å²) < 4.78 is 6.13. The Kier molecular flexibility index (Phi) is 3.55. The van der Waals surface area contributed by atoms with Crippen LogP contribution in [0.4, 0.5) is 5.69 Å². The molecule has 3 rings (SSSR count). The minimum Gasteiger partial charge on any atom is -0.483 e. The number of nitro benzene ring substituents is 1. The van der Waals surface area contributed by atoms with Gasteiger partial charge in [-0.05, 0) is 49.1 Å². The number of nitrogens with zero attached hydrogens (tertiary/aromatic N) is 1. The summed E-state index contributed by atoms with van der Waals surface area (Å²) in [6, 6.07) is 13.9. The van der Waals surface area contributed by atoms with E-state index in [1.807, 2.05) is 24.3 Å². The molecule has 1 aliphatic carbocycles. The number of non-ortho nitro benzene ring substituents is 1. The summed E-state index contributed by atoms with van der Waals surface area (Å²) in [5, 5.41) is 11.4. The molecule has 0 radical (unpaired) electrons. The molecule has 5 heteroatoms. The third kappa shape index (κ3) is 2.72. The fourth-order valence-electron chi connectivity index (χ4n) is 2.56. The van der Waals surface area contributed by atoms with Gasteiger partial charge in [0.05, 0.1) is 4.92 Å². The molecule has 1 fully saturated rings. The molecule has 0 saturated heterocycles. The van der Waals surface area contributed by atoms with Gasteiger partial charge in [0, 0.05) is 17.2 Å². The Balaban J connectivity index is 1.83. The smallest absolute Gasteiger partial charge is 0.269 e. The van der Waals surface area contributed by atoms with E-state index in [-0.39, 0.29) is 11.3 Å². The lowest BCUT2D eigenvalue weighted by Gasteiger charge is -2.42. The number of ether oxygens (including phenoxy) is 1. The molecular weight excluding hydrogens is 290 g/mol. The van der Waals surface area contributed by atoms with Crippen molar-refractivity contribution in [2.45, 2.75) is 24.9 Å². The van der Waals surface area contributed by atoms with Gasteiger partial charge >= 0.3 is 0 Å². The molecule has 0 N–H and O–H groups in total. The first-order valence-electron chi connectivity index (χ1n) is 6.79. The first kappa shape index (κ1) is 13.9. The number of hydrogen-bond donors (Lipinski definition) is 0. The lowest BCUT2D eigenvalue weighted by Crippen LogP contribution is -2.40. The van der Waals surface area contributed by atoms with Crippen LogP contribution in [-0.4, -0.2) is 4.92 Å². The van der Waals surface area contributed by atoms with Crippen molar-refractivity contribution in [2.75, 3.05) is 0 Å². The largest absolute Gasteiger partial charge is 0.483 e. The fourth-order valence-corrected chi connectivity index (χ4v) is 2.69. The van der Waals surface area contributed by atoms with Crippen molar-refractivity contribution >= 4 is 17.3 Å². The Labute approximate surface area is 127 Å². The van der Waals surface area contributed by atoms with Crippen LogP contribution in [0.1, 0.15) is 24.8 Å². The van der Waals surface area contributed by atoms with Crippen LogP contribution in [0.2, 0.25) is 5.02 Å². The lowest BCUT2D eigenvalue weighted by atomic mass is 9.75. The van der Waals surface area contributed by atoms with Crippen LogP contribution in [0.15, 0.2) is 48.5 Å². The number of rotatable bonds is 4. The van der Waals surface area contributed by atoms with Crippen LogP contribution in [0, 0.1) is 10.1 Å². The van der Waals surface area contributed by atoms with E-state index in [1.54, 1.807) is 12.1 Å². The number of halogens is 1. The Morgan fingerprint density at radius 2 is 1.67 bits per heavy atom. The standard InChI is InChI=1S/C16H14ClNO3/c17-13-4-2-12(3-5-13)16(10-1-11-16)21-15-8-6-14(7-9-15)18(19)20/h2-9H,1,10-11H2. The minimum atomic E-state index is -0.415. The maximum atomic E-state index is 10.7. The third-order valence-corrected chi connectivity index (χ3v) is 4.14. The lowest BCUT2D eigenvalue weighted by molar-refractivity contribution is -0.384. The molecule has 4 nitrogen and oxygen atoms in total. The average molecular weight is 304 g/mol. The summed E-state index contributed by atoms with van der Waals surface area (Å²) in [5.41, 5.74) is 0.828. The van der Waals surface area contributed by atoms with Crippen molar-refractivity contribution in [3.05, 3.63) is 69.2 Å². The second-order valence-corrected chi connectivity index (χ2v) is 5.64. The molecule has 21 heavy (non-hydrogen) atoms. The maximum Gasteiger partial charge on any atom is 0.269 e. The van der Waals surface area contributed by atoms with Crippen LogP contribution in [0.5, 0.6) is 5.75 Å². The molecule has 1 saturated carbocycles. The van der Waals surface area contributed by atoms with Crippen molar-refractivity contribution in [3.8, 4) is 5.75 Å². The summed E-state index contributed by atoms with van der Waals surface area (Å²) in [6.45, 7) is 0. The van der Waals surface area contributed by atoms with Gasteiger partial charge in [0.2, 0.25) is 0 Å². The maximum absolute atomic E-state index is 10.7. The van der Waals surface area contributed by atoms with E-state index < -0.39 is 4.92 Å². The molecule has 2 aromatic rings. The van der Waals surface area contributed by atoms with Gasteiger partial charge in [0.15, 0.2) is 0 Å². The SMILES string of the molecule is O=[N+]([O-])c1ccc(OC2(c3ccc(Cl)cc3)CCC2)cc1. The Hall–Kier alpha value is -2.07. The van der Waals surface area contributed by atoms with E-state index >= 15 is 0 Å². The molecule has 0 aromatic heterocycles. The summed E-state index contributed by atoms with van der Waals surface area (Å²) in [7, 11) is 0. The van der Waals surface area contributed by atoms with Crippen molar-refractivity contribution in [1.29, 1.82) is 0 Å². The molecular formula is C16H14ClNO3. The van der Waals surface area contributed by atoms with Crippen molar-refractivity contribution in [1.82, 2.24) is 0 Å². The Morgan fingerprint density at radius 1 is 1.05 bits per heavy atom. The quantitative estimate of drug-likeness (QED) is 0.607. The fraction of sp³-hybridized carbons (Fsp3) is 0.250. The molecule has 0 atom stereocenters. The first-order chi connectivity index (χ1) is 10.1. The van der Waals surface area contributed by atoms with Crippen molar-refractivity contribution < 1.29 is 9.66 Å². The van der Waals surface area contributed by atoms with Crippen LogP contribution < -0.4 is 4.74 Å². The molecule has 0 unspecified atom stereocenters. The molecule has 0 heterocycles. The highest BCUT2D eigenvalue weighted by Crippen LogP contribution is 2.45. The van der Waals surface area contributed by atoms with E-state index in [9.17, 15) is 10.1 Å². The predicted molar refractivity (Wildman–Crippen MR) is 80.7 cm³/mol. The molecule has 0 aliphatic heterocycles. The highest BCUT2D eigenvalue weighted by molar-refractivity contribution is 6.30. The predicted octanol–water partition coefficient (Wildman–Crippen LogP) is 4.71. The normalized spacial score (nSPS) is 16.0. The van der Waals surface area contributed by atoms with Crippen LogP contribution in [0.25, 0.3) is 0 Å². The second kappa shape index (κ2) is 5.37. The Morgan fingerprint density at radius 3 is 2.14 bits per heavy atom. The van der Waals surface area contributed by atoms with Gasteiger partial charge in [-0.3, -0.25) is 10.1 Å². The first-order valence-corrected chi connectivity index (χ1v) is 7.16. The van der Waals surface area contributed by atoms with Gasteiger partial charge in [-0.15, -0.1) is 0 Å². The molecule has 2 aromatic carbocycles. The van der Waals surface area contributed by atoms with E-state index in [0.717, 1.165) is 24.8 Å². The van der Waals surface area contributed by atoms with E-state index in [1.165, 1.54) is 12.1 Å². The molecule has 108 valence electrons. The van der Waals surface area contributed by atoms with Crippen LogP contribution in [-0.2, 0) is 5.60 Å². The van der Waals surface area contributed by atoms with Gasteiger partial charge < -0.3 is 4.74 Å². The summed E-state index contributed by atoms with van der Waals surface area (Å²) in [4.78, 5) is 10.3. The van der Waals surface area contributed by atoms with Gasteiger partial charge in [0.25, 0.3) is 5.69 Å². The number of nitro groups is 1. The zero-order chi connectivity index (χ0) is 14.9. The van der Waals surface area contributed by atoms with Gasteiger partial charge in [-0.2, -0.15) is 0 Å². The zero-order valence-electron chi connectivity index (χ0n) is 11.3. The van der Waals surface area contributed by atoms with E-state index in [4.69, 9.17) is 16.3 Å². The molecule has 0 bridgehead atoms. The zero-order valence-corrected chi connectivity index (χ0v) is 12.0. The van der Waals surface area contributed by atoms with Crippen LogP contribution in [0.3, 0.4) is 0 Å². The number of hydrogen-bond acceptors (Lipinski definition) is 3.